The molecule has 4 heteroatoms. The lowest BCUT2D eigenvalue weighted by Gasteiger charge is -2.24. The molecule has 0 aromatic heterocycles. The smallest absolute Gasteiger partial charge is 0.305 e. The number of aliphatic carboxylic acids is 1. The molecule has 0 saturated carbocycles. The molecule has 0 fully saturated rings. The summed E-state index contributed by atoms with van der Waals surface area (Å²) < 4.78 is 1.04. The number of nitrogens with zero attached hydrogens (tertiary/aromatic N) is 1. The zero-order chi connectivity index (χ0) is 12.7. The Bertz CT molecular complexity index is 351. The molecule has 0 atom stereocenters. The van der Waals surface area contributed by atoms with Gasteiger partial charge in [0.1, 0.15) is 0 Å². The Hall–Kier alpha value is -1.03. The standard InChI is InChI=1S/C13H18BrNO2/c1-2-3-9-15(10-8-13(16)17)12-6-4-11(14)5-7-12/h4-7H,2-3,8-10H2,1H3,(H,16,17). The van der Waals surface area contributed by atoms with Gasteiger partial charge >= 0.3 is 5.97 Å². The topological polar surface area (TPSA) is 40.5 Å². The lowest BCUT2D eigenvalue weighted by Crippen LogP contribution is -2.27. The van der Waals surface area contributed by atoms with Crippen LogP contribution in [-0.2, 0) is 4.79 Å². The number of benzene rings is 1. The minimum absolute atomic E-state index is 0.180. The highest BCUT2D eigenvalue weighted by atomic mass is 79.9. The van der Waals surface area contributed by atoms with Gasteiger partial charge in [-0.15, -0.1) is 0 Å². The Morgan fingerprint density at radius 2 is 1.94 bits per heavy atom. The molecule has 94 valence electrons. The first kappa shape index (κ1) is 14.0. The molecule has 0 aliphatic heterocycles. The van der Waals surface area contributed by atoms with E-state index in [0.717, 1.165) is 29.5 Å². The maximum absolute atomic E-state index is 10.6. The van der Waals surface area contributed by atoms with Crippen molar-refractivity contribution in [2.45, 2.75) is 26.2 Å². The number of carbonyl (C=O) groups is 1. The first-order valence-corrected chi connectivity index (χ1v) is 6.65. The fourth-order valence-electron chi connectivity index (χ4n) is 1.60. The van der Waals surface area contributed by atoms with Gasteiger partial charge in [0.15, 0.2) is 0 Å². The molecule has 0 bridgehead atoms. The van der Waals surface area contributed by atoms with Crippen LogP contribution < -0.4 is 4.90 Å². The van der Waals surface area contributed by atoms with Crippen LogP contribution in [0.2, 0.25) is 0 Å². The molecule has 0 aliphatic rings. The fourth-order valence-corrected chi connectivity index (χ4v) is 1.87. The number of carboxylic acids is 1. The van der Waals surface area contributed by atoms with Crippen molar-refractivity contribution in [3.05, 3.63) is 28.7 Å². The molecule has 1 aromatic rings. The maximum Gasteiger partial charge on any atom is 0.305 e. The van der Waals surface area contributed by atoms with Gasteiger partial charge in [-0.3, -0.25) is 4.79 Å². The predicted octanol–water partition coefficient (Wildman–Crippen LogP) is 3.53. The van der Waals surface area contributed by atoms with E-state index in [2.05, 4.69) is 27.8 Å². The molecule has 1 N–H and O–H groups in total. The maximum atomic E-state index is 10.6. The van der Waals surface area contributed by atoms with Crippen molar-refractivity contribution in [3.63, 3.8) is 0 Å². The second-order valence-electron chi connectivity index (χ2n) is 3.96. The average Bonchev–Trinajstić information content (AvgIpc) is 2.30. The van der Waals surface area contributed by atoms with Crippen LogP contribution in [0.3, 0.4) is 0 Å². The van der Waals surface area contributed by atoms with Gasteiger partial charge < -0.3 is 10.0 Å². The van der Waals surface area contributed by atoms with E-state index in [0.29, 0.717) is 6.54 Å². The molecule has 0 spiro atoms. The molecule has 0 unspecified atom stereocenters. The van der Waals surface area contributed by atoms with Crippen molar-refractivity contribution < 1.29 is 9.90 Å². The van der Waals surface area contributed by atoms with Crippen LogP contribution in [-0.4, -0.2) is 24.2 Å². The molecule has 1 aromatic carbocycles. The molecule has 0 aliphatic carbocycles. The summed E-state index contributed by atoms with van der Waals surface area (Å²) in [6, 6.07) is 7.99. The zero-order valence-electron chi connectivity index (χ0n) is 10.0. The minimum Gasteiger partial charge on any atom is -0.481 e. The first-order chi connectivity index (χ1) is 8.13. The quantitative estimate of drug-likeness (QED) is 0.837. The van der Waals surface area contributed by atoms with Gasteiger partial charge in [-0.1, -0.05) is 29.3 Å². The van der Waals surface area contributed by atoms with Gasteiger partial charge in [0.05, 0.1) is 6.42 Å². The van der Waals surface area contributed by atoms with Crippen LogP contribution in [0.25, 0.3) is 0 Å². The summed E-state index contributed by atoms with van der Waals surface area (Å²) in [5.74, 6) is -0.747. The third kappa shape index (κ3) is 5.22. The number of hydrogen-bond acceptors (Lipinski definition) is 2. The lowest BCUT2D eigenvalue weighted by atomic mass is 10.2. The third-order valence-electron chi connectivity index (χ3n) is 2.57. The summed E-state index contributed by atoms with van der Waals surface area (Å²) in [5.41, 5.74) is 1.09. The molecule has 1 rings (SSSR count). The van der Waals surface area contributed by atoms with Gasteiger partial charge in [0, 0.05) is 23.2 Å². The lowest BCUT2D eigenvalue weighted by molar-refractivity contribution is -0.136. The summed E-state index contributed by atoms with van der Waals surface area (Å²) in [5, 5.41) is 8.74. The molecular weight excluding hydrogens is 282 g/mol. The number of unbranched alkanes of at least 4 members (excludes halogenated alkanes) is 1. The normalized spacial score (nSPS) is 10.2. The zero-order valence-corrected chi connectivity index (χ0v) is 11.6. The number of rotatable bonds is 7. The van der Waals surface area contributed by atoms with E-state index in [-0.39, 0.29) is 6.42 Å². The summed E-state index contributed by atoms with van der Waals surface area (Å²) in [6.07, 6.45) is 2.37. The van der Waals surface area contributed by atoms with Crippen molar-refractivity contribution in [3.8, 4) is 0 Å². The highest BCUT2D eigenvalue weighted by Crippen LogP contribution is 2.19. The monoisotopic (exact) mass is 299 g/mol. The van der Waals surface area contributed by atoms with Crippen LogP contribution in [0, 0.1) is 0 Å². The second-order valence-corrected chi connectivity index (χ2v) is 4.88. The van der Waals surface area contributed by atoms with Crippen LogP contribution in [0.5, 0.6) is 0 Å². The number of anilines is 1. The van der Waals surface area contributed by atoms with E-state index < -0.39 is 5.97 Å². The van der Waals surface area contributed by atoms with Crippen LogP contribution in [0.1, 0.15) is 26.2 Å². The van der Waals surface area contributed by atoms with Crippen LogP contribution in [0.4, 0.5) is 5.69 Å². The Kier molecular flexibility index (Phi) is 6.05. The Morgan fingerprint density at radius 1 is 1.29 bits per heavy atom. The number of halogens is 1. The van der Waals surface area contributed by atoms with Gasteiger partial charge in [0.2, 0.25) is 0 Å². The minimum atomic E-state index is -0.747. The average molecular weight is 300 g/mol. The molecule has 3 nitrogen and oxygen atoms in total. The van der Waals surface area contributed by atoms with Gasteiger partial charge in [-0.2, -0.15) is 0 Å². The molecule has 0 amide bonds. The predicted molar refractivity (Wildman–Crippen MR) is 73.5 cm³/mol. The Labute approximate surface area is 111 Å². The highest BCUT2D eigenvalue weighted by molar-refractivity contribution is 9.10. The van der Waals surface area contributed by atoms with Crippen LogP contribution >= 0.6 is 15.9 Å². The van der Waals surface area contributed by atoms with E-state index in [4.69, 9.17) is 5.11 Å². The van der Waals surface area contributed by atoms with E-state index >= 15 is 0 Å². The van der Waals surface area contributed by atoms with Crippen LogP contribution in [0.15, 0.2) is 28.7 Å². The van der Waals surface area contributed by atoms with Gasteiger partial charge in [-0.25, -0.2) is 0 Å². The van der Waals surface area contributed by atoms with E-state index in [1.54, 1.807) is 0 Å². The molecule has 17 heavy (non-hydrogen) atoms. The summed E-state index contributed by atoms with van der Waals surface area (Å²) in [4.78, 5) is 12.8. The van der Waals surface area contributed by atoms with E-state index in [9.17, 15) is 4.79 Å². The summed E-state index contributed by atoms with van der Waals surface area (Å²) >= 11 is 3.40. The van der Waals surface area contributed by atoms with Gasteiger partial charge in [0.25, 0.3) is 0 Å². The van der Waals surface area contributed by atoms with Crippen molar-refractivity contribution in [2.24, 2.45) is 0 Å². The number of hydrogen-bond donors (Lipinski definition) is 1. The van der Waals surface area contributed by atoms with Crippen molar-refractivity contribution >= 4 is 27.6 Å². The first-order valence-electron chi connectivity index (χ1n) is 5.85. The summed E-state index contributed by atoms with van der Waals surface area (Å²) in [6.45, 7) is 3.61. The second kappa shape index (κ2) is 7.33. The van der Waals surface area contributed by atoms with E-state index in [1.165, 1.54) is 0 Å². The fraction of sp³-hybridized carbons (Fsp3) is 0.462. The Morgan fingerprint density at radius 3 is 2.47 bits per heavy atom. The third-order valence-corrected chi connectivity index (χ3v) is 3.10. The molecular formula is C13H18BrNO2. The SMILES string of the molecule is CCCCN(CCC(=O)O)c1ccc(Br)cc1. The number of carboxylic acid groups (broad SMARTS) is 1. The van der Waals surface area contributed by atoms with Crippen molar-refractivity contribution in [1.29, 1.82) is 0 Å². The Balaban J connectivity index is 2.67. The van der Waals surface area contributed by atoms with Crippen molar-refractivity contribution in [2.75, 3.05) is 18.0 Å². The summed E-state index contributed by atoms with van der Waals surface area (Å²) in [7, 11) is 0. The van der Waals surface area contributed by atoms with Gasteiger partial charge in [-0.05, 0) is 30.7 Å². The largest absolute Gasteiger partial charge is 0.481 e. The van der Waals surface area contributed by atoms with E-state index in [1.807, 2.05) is 24.3 Å². The highest BCUT2D eigenvalue weighted by Gasteiger charge is 2.08. The molecule has 0 radical (unpaired) electrons. The van der Waals surface area contributed by atoms with Crippen molar-refractivity contribution in [1.82, 2.24) is 0 Å². The molecule has 0 saturated heterocycles. The molecule has 0 heterocycles.